The molecule has 0 amide bonds. The van der Waals surface area contributed by atoms with Gasteiger partial charge in [-0.2, -0.15) is 0 Å². The van der Waals surface area contributed by atoms with E-state index in [0.717, 1.165) is 11.7 Å². The van der Waals surface area contributed by atoms with Crippen LogP contribution < -0.4 is 4.74 Å². The average Bonchev–Trinajstić information content (AvgIpc) is 2.98. The molecule has 0 N–H and O–H groups in total. The summed E-state index contributed by atoms with van der Waals surface area (Å²) in [5, 5.41) is 0. The minimum absolute atomic E-state index is 0.502. The molecule has 2 bridgehead atoms. The summed E-state index contributed by atoms with van der Waals surface area (Å²) in [6.45, 7) is 0.502. The van der Waals surface area contributed by atoms with Gasteiger partial charge in [-0.05, 0) is 36.8 Å². The van der Waals surface area contributed by atoms with E-state index in [9.17, 15) is 0 Å². The fourth-order valence-electron chi connectivity index (χ4n) is 2.76. The number of para-hydroxylation sites is 1. The van der Waals surface area contributed by atoms with Crippen molar-refractivity contribution in [3.63, 3.8) is 0 Å². The zero-order valence-electron chi connectivity index (χ0n) is 9.80. The zero-order valence-corrected chi connectivity index (χ0v) is 9.80. The van der Waals surface area contributed by atoms with Gasteiger partial charge >= 0.3 is 0 Å². The number of ether oxygens (including phenoxy) is 1. The molecule has 86 valence electrons. The van der Waals surface area contributed by atoms with Crippen LogP contribution in [0.4, 0.5) is 0 Å². The molecule has 1 nitrogen and oxygen atoms in total. The van der Waals surface area contributed by atoms with Crippen LogP contribution in [0.1, 0.15) is 12.8 Å². The maximum absolute atomic E-state index is 5.55. The molecule has 1 aromatic rings. The highest BCUT2D eigenvalue weighted by Crippen LogP contribution is 2.42. The van der Waals surface area contributed by atoms with Gasteiger partial charge in [0.05, 0.1) is 0 Å². The summed E-state index contributed by atoms with van der Waals surface area (Å²) in [4.78, 5) is 0. The highest BCUT2D eigenvalue weighted by Gasteiger charge is 2.34. The predicted molar refractivity (Wildman–Crippen MR) is 68.6 cm³/mol. The lowest BCUT2D eigenvalue weighted by atomic mass is 9.94. The maximum Gasteiger partial charge on any atom is 0.149 e. The van der Waals surface area contributed by atoms with Crippen LogP contribution in [-0.4, -0.2) is 6.61 Å². The van der Waals surface area contributed by atoms with E-state index in [2.05, 4.69) is 24.0 Å². The molecule has 1 saturated carbocycles. The van der Waals surface area contributed by atoms with Gasteiger partial charge in [-0.15, -0.1) is 0 Å². The first-order chi connectivity index (χ1) is 8.42. The monoisotopic (exact) mass is 224 g/mol. The van der Waals surface area contributed by atoms with E-state index >= 15 is 0 Å². The lowest BCUT2D eigenvalue weighted by molar-refractivity contribution is 0.369. The Balaban J connectivity index is 1.51. The van der Waals surface area contributed by atoms with Crippen molar-refractivity contribution < 1.29 is 4.74 Å². The Kier molecular flexibility index (Phi) is 2.88. The molecule has 0 heterocycles. The van der Waals surface area contributed by atoms with Crippen molar-refractivity contribution in [2.75, 3.05) is 6.61 Å². The molecule has 2 aliphatic rings. The molecule has 0 aliphatic heterocycles. The van der Waals surface area contributed by atoms with Crippen molar-refractivity contribution in [1.82, 2.24) is 0 Å². The minimum Gasteiger partial charge on any atom is -0.481 e. The molecule has 3 atom stereocenters. The van der Waals surface area contributed by atoms with Gasteiger partial charge in [0.15, 0.2) is 0 Å². The summed E-state index contributed by atoms with van der Waals surface area (Å²) in [5.74, 6) is 9.50. The fraction of sp³-hybridized carbons (Fsp3) is 0.375. The number of benzene rings is 1. The second-order valence-electron chi connectivity index (χ2n) is 4.81. The normalized spacial score (nSPS) is 28.8. The fourth-order valence-corrected chi connectivity index (χ4v) is 2.76. The molecule has 17 heavy (non-hydrogen) atoms. The van der Waals surface area contributed by atoms with Gasteiger partial charge in [0.1, 0.15) is 12.4 Å². The maximum atomic E-state index is 5.55. The SMILES string of the molecule is C(#CC1CC2C=CC1C2)COc1ccccc1. The third-order valence-electron chi connectivity index (χ3n) is 3.62. The Bertz CT molecular complexity index is 463. The van der Waals surface area contributed by atoms with Gasteiger partial charge < -0.3 is 4.74 Å². The topological polar surface area (TPSA) is 9.23 Å². The first kappa shape index (κ1) is 10.5. The summed E-state index contributed by atoms with van der Waals surface area (Å²) in [6, 6.07) is 9.86. The van der Waals surface area contributed by atoms with Crippen molar-refractivity contribution in [2.45, 2.75) is 12.8 Å². The van der Waals surface area contributed by atoms with Crippen LogP contribution in [0, 0.1) is 29.6 Å². The van der Waals surface area contributed by atoms with E-state index in [0.29, 0.717) is 18.4 Å². The number of rotatable bonds is 2. The third kappa shape index (κ3) is 2.36. The van der Waals surface area contributed by atoms with E-state index in [4.69, 9.17) is 4.74 Å². The second-order valence-corrected chi connectivity index (χ2v) is 4.81. The molecule has 3 unspecified atom stereocenters. The van der Waals surface area contributed by atoms with Crippen LogP contribution in [0.2, 0.25) is 0 Å². The molecule has 0 saturated heterocycles. The molecule has 1 fully saturated rings. The van der Waals surface area contributed by atoms with Gasteiger partial charge in [-0.1, -0.05) is 42.2 Å². The minimum atomic E-state index is 0.502. The summed E-state index contributed by atoms with van der Waals surface area (Å²) < 4.78 is 5.55. The molecule has 2 aliphatic carbocycles. The van der Waals surface area contributed by atoms with Crippen molar-refractivity contribution in [2.24, 2.45) is 17.8 Å². The lowest BCUT2D eigenvalue weighted by Crippen LogP contribution is -2.04. The van der Waals surface area contributed by atoms with Gasteiger partial charge in [0.2, 0.25) is 0 Å². The highest BCUT2D eigenvalue weighted by atomic mass is 16.5. The van der Waals surface area contributed by atoms with Crippen molar-refractivity contribution >= 4 is 0 Å². The van der Waals surface area contributed by atoms with Crippen molar-refractivity contribution in [3.05, 3.63) is 42.5 Å². The molecule has 0 aromatic heterocycles. The zero-order chi connectivity index (χ0) is 11.5. The van der Waals surface area contributed by atoms with Crippen LogP contribution in [0.3, 0.4) is 0 Å². The number of hydrogen-bond acceptors (Lipinski definition) is 1. The molecule has 1 heteroatoms. The van der Waals surface area contributed by atoms with E-state index in [-0.39, 0.29) is 0 Å². The Hall–Kier alpha value is -1.68. The summed E-state index contributed by atoms with van der Waals surface area (Å²) in [5.41, 5.74) is 0. The van der Waals surface area contributed by atoms with Crippen LogP contribution in [0.25, 0.3) is 0 Å². The van der Waals surface area contributed by atoms with Crippen molar-refractivity contribution in [1.29, 1.82) is 0 Å². The molecule has 1 aromatic carbocycles. The van der Waals surface area contributed by atoms with Crippen LogP contribution in [0.5, 0.6) is 5.75 Å². The standard InChI is InChI=1S/C16H16O/c1-2-6-16(7-3-1)17-10-4-5-14-11-13-8-9-15(14)12-13/h1-3,6-9,13-15H,10-12H2. The number of fused-ring (bicyclic) bond motifs is 2. The van der Waals surface area contributed by atoms with Gasteiger partial charge in [0, 0.05) is 5.92 Å². The lowest BCUT2D eigenvalue weighted by Gasteiger charge is -2.10. The third-order valence-corrected chi connectivity index (χ3v) is 3.62. The first-order valence-corrected chi connectivity index (χ1v) is 6.26. The molecular formula is C16H16O. The molecule has 3 rings (SSSR count). The Labute approximate surface area is 102 Å². The Morgan fingerprint density at radius 1 is 1.12 bits per heavy atom. The Morgan fingerprint density at radius 2 is 2.00 bits per heavy atom. The Morgan fingerprint density at radius 3 is 2.71 bits per heavy atom. The average molecular weight is 224 g/mol. The summed E-state index contributed by atoms with van der Waals surface area (Å²) in [6.07, 6.45) is 7.26. The largest absolute Gasteiger partial charge is 0.481 e. The van der Waals surface area contributed by atoms with Crippen LogP contribution in [0.15, 0.2) is 42.5 Å². The second kappa shape index (κ2) is 4.67. The van der Waals surface area contributed by atoms with Gasteiger partial charge in [-0.3, -0.25) is 0 Å². The van der Waals surface area contributed by atoms with Crippen LogP contribution >= 0.6 is 0 Å². The van der Waals surface area contributed by atoms with Crippen molar-refractivity contribution in [3.8, 4) is 17.6 Å². The highest BCUT2D eigenvalue weighted by molar-refractivity contribution is 5.23. The van der Waals surface area contributed by atoms with Gasteiger partial charge in [0.25, 0.3) is 0 Å². The predicted octanol–water partition coefficient (Wildman–Crippen LogP) is 3.28. The summed E-state index contributed by atoms with van der Waals surface area (Å²) >= 11 is 0. The van der Waals surface area contributed by atoms with Gasteiger partial charge in [-0.25, -0.2) is 0 Å². The first-order valence-electron chi connectivity index (χ1n) is 6.26. The number of hydrogen-bond donors (Lipinski definition) is 0. The van der Waals surface area contributed by atoms with E-state index < -0.39 is 0 Å². The van der Waals surface area contributed by atoms with E-state index in [1.807, 2.05) is 30.3 Å². The van der Waals surface area contributed by atoms with E-state index in [1.54, 1.807) is 0 Å². The quantitative estimate of drug-likeness (QED) is 0.553. The molecular weight excluding hydrogens is 208 g/mol. The van der Waals surface area contributed by atoms with Crippen LogP contribution in [-0.2, 0) is 0 Å². The molecule has 0 radical (unpaired) electrons. The number of allylic oxidation sites excluding steroid dienone is 2. The summed E-state index contributed by atoms with van der Waals surface area (Å²) in [7, 11) is 0. The molecule has 0 spiro atoms. The van der Waals surface area contributed by atoms with E-state index in [1.165, 1.54) is 12.8 Å². The smallest absolute Gasteiger partial charge is 0.149 e.